The van der Waals surface area contributed by atoms with Gasteiger partial charge in [-0.05, 0) is 38.1 Å². The number of hydrogen-bond acceptors (Lipinski definition) is 5. The van der Waals surface area contributed by atoms with Gasteiger partial charge >= 0.3 is 0 Å². The first-order valence-corrected chi connectivity index (χ1v) is 9.35. The van der Waals surface area contributed by atoms with Gasteiger partial charge in [-0.2, -0.15) is 0 Å². The second-order valence-electron chi connectivity index (χ2n) is 4.83. The Morgan fingerprint density at radius 2 is 1.55 bits per heavy atom. The number of ether oxygens (including phenoxy) is 1. The average molecular weight is 342 g/mol. The molecule has 1 aromatic carbocycles. The van der Waals surface area contributed by atoms with Gasteiger partial charge in [0.1, 0.15) is 0 Å². The van der Waals surface area contributed by atoms with Crippen molar-refractivity contribution in [3.63, 3.8) is 0 Å². The molecule has 0 aliphatic heterocycles. The molecule has 0 spiro atoms. The van der Waals surface area contributed by atoms with Crippen molar-refractivity contribution >= 4 is 29.8 Å². The maximum Gasteiger partial charge on any atom is 0.261 e. The van der Waals surface area contributed by atoms with Crippen molar-refractivity contribution in [1.82, 2.24) is 4.72 Å². The third kappa shape index (κ3) is 4.71. The fraction of sp³-hybridized carbons (Fsp3) is 0.455. The Kier molecular flexibility index (Phi) is 5.20. The Hall–Kier alpha value is -0.670. The summed E-state index contributed by atoms with van der Waals surface area (Å²) in [7, 11) is -1.01. The van der Waals surface area contributed by atoms with Crippen LogP contribution in [0.3, 0.4) is 0 Å². The monoisotopic (exact) mass is 341 g/mol. The first-order valence-electron chi connectivity index (χ1n) is 5.56. The zero-order valence-corrected chi connectivity index (χ0v) is 13.6. The van der Waals surface area contributed by atoms with E-state index in [0.717, 1.165) is 12.1 Å². The lowest BCUT2D eigenvalue weighted by atomic mass is 10.1. The summed E-state index contributed by atoms with van der Waals surface area (Å²) in [6.07, 6.45) is 0. The van der Waals surface area contributed by atoms with Gasteiger partial charge in [0.15, 0.2) is 0 Å². The molecule has 0 atom stereocenters. The third-order valence-corrected chi connectivity index (χ3v) is 5.42. The van der Waals surface area contributed by atoms with Crippen molar-refractivity contribution in [3.05, 3.63) is 24.3 Å². The molecular formula is C11H16ClNO5S2. The standard InChI is InChI=1S/C11H16ClNO5S2/c1-11(2,8-18-3)13-20(16,17)10-6-4-9(5-7-10)19(12,14)15/h4-7,13H,8H2,1-3H3. The highest BCUT2D eigenvalue weighted by Crippen LogP contribution is 2.19. The van der Waals surface area contributed by atoms with E-state index in [4.69, 9.17) is 15.4 Å². The van der Waals surface area contributed by atoms with Crippen LogP contribution in [0.15, 0.2) is 34.1 Å². The molecule has 1 rings (SSSR count). The molecule has 0 fully saturated rings. The van der Waals surface area contributed by atoms with Crippen LogP contribution < -0.4 is 4.72 Å². The summed E-state index contributed by atoms with van der Waals surface area (Å²) < 4.78 is 53.9. The van der Waals surface area contributed by atoms with Gasteiger partial charge in [-0.15, -0.1) is 0 Å². The lowest BCUT2D eigenvalue weighted by molar-refractivity contribution is 0.141. The maximum absolute atomic E-state index is 12.1. The quantitative estimate of drug-likeness (QED) is 0.788. The zero-order chi connectivity index (χ0) is 15.6. The molecule has 0 aliphatic rings. The molecule has 0 saturated heterocycles. The molecule has 0 bridgehead atoms. The van der Waals surface area contributed by atoms with Gasteiger partial charge in [-0.1, -0.05) is 0 Å². The second-order valence-corrected chi connectivity index (χ2v) is 9.08. The normalized spacial score (nSPS) is 13.4. The van der Waals surface area contributed by atoms with E-state index in [-0.39, 0.29) is 16.4 Å². The molecule has 0 unspecified atom stereocenters. The molecule has 1 N–H and O–H groups in total. The highest BCUT2D eigenvalue weighted by molar-refractivity contribution is 8.13. The lowest BCUT2D eigenvalue weighted by Gasteiger charge is -2.24. The van der Waals surface area contributed by atoms with Crippen molar-refractivity contribution in [3.8, 4) is 0 Å². The van der Waals surface area contributed by atoms with Crippen molar-refractivity contribution in [2.75, 3.05) is 13.7 Å². The van der Waals surface area contributed by atoms with Crippen molar-refractivity contribution < 1.29 is 21.6 Å². The van der Waals surface area contributed by atoms with Crippen LogP contribution in [-0.2, 0) is 23.8 Å². The molecule has 0 amide bonds. The predicted octanol–water partition coefficient (Wildman–Crippen LogP) is 1.32. The van der Waals surface area contributed by atoms with E-state index < -0.39 is 24.6 Å². The van der Waals surface area contributed by atoms with E-state index >= 15 is 0 Å². The highest BCUT2D eigenvalue weighted by atomic mass is 35.7. The van der Waals surface area contributed by atoms with Gasteiger partial charge in [0.2, 0.25) is 10.0 Å². The molecule has 0 saturated carbocycles. The number of methoxy groups -OCH3 is 1. The molecule has 6 nitrogen and oxygen atoms in total. The lowest BCUT2D eigenvalue weighted by Crippen LogP contribution is -2.46. The number of halogens is 1. The molecule has 9 heteroatoms. The van der Waals surface area contributed by atoms with Gasteiger partial charge in [0, 0.05) is 17.8 Å². The van der Waals surface area contributed by atoms with E-state index in [0.29, 0.717) is 0 Å². The van der Waals surface area contributed by atoms with Gasteiger partial charge < -0.3 is 4.74 Å². The molecule has 20 heavy (non-hydrogen) atoms. The summed E-state index contributed by atoms with van der Waals surface area (Å²) in [5.41, 5.74) is -0.787. The highest BCUT2D eigenvalue weighted by Gasteiger charge is 2.26. The maximum atomic E-state index is 12.1. The van der Waals surface area contributed by atoms with Crippen LogP contribution in [0, 0.1) is 0 Å². The molecule has 114 valence electrons. The summed E-state index contributed by atoms with van der Waals surface area (Å²) in [6, 6.07) is 4.64. The van der Waals surface area contributed by atoms with Crippen LogP contribution in [-0.4, -0.2) is 36.1 Å². The summed E-state index contributed by atoms with van der Waals surface area (Å²) in [6.45, 7) is 3.54. The second kappa shape index (κ2) is 5.98. The summed E-state index contributed by atoms with van der Waals surface area (Å²) in [5.74, 6) is 0. The molecular weight excluding hydrogens is 326 g/mol. The molecule has 0 radical (unpaired) electrons. The molecule has 0 aromatic heterocycles. The SMILES string of the molecule is COCC(C)(C)NS(=O)(=O)c1ccc(S(=O)(=O)Cl)cc1. The fourth-order valence-electron chi connectivity index (χ4n) is 1.59. The molecule has 1 aromatic rings. The van der Waals surface area contributed by atoms with Crippen LogP contribution in [0.1, 0.15) is 13.8 Å². The van der Waals surface area contributed by atoms with Gasteiger partial charge in [-0.3, -0.25) is 0 Å². The Labute approximate surface area is 123 Å². The van der Waals surface area contributed by atoms with Gasteiger partial charge in [0.05, 0.1) is 21.9 Å². The Balaban J connectivity index is 3.06. The fourth-order valence-corrected chi connectivity index (χ4v) is 3.76. The summed E-state index contributed by atoms with van der Waals surface area (Å²) in [5, 5.41) is 0. The number of benzene rings is 1. The minimum atomic E-state index is -3.87. The van der Waals surface area contributed by atoms with Crippen molar-refractivity contribution in [2.24, 2.45) is 0 Å². The first kappa shape index (κ1) is 17.4. The van der Waals surface area contributed by atoms with Crippen LogP contribution in [0.5, 0.6) is 0 Å². The van der Waals surface area contributed by atoms with E-state index in [2.05, 4.69) is 4.72 Å². The van der Waals surface area contributed by atoms with Crippen molar-refractivity contribution in [1.29, 1.82) is 0 Å². The minimum Gasteiger partial charge on any atom is -0.383 e. The first-order chi connectivity index (χ1) is 8.98. The zero-order valence-electron chi connectivity index (χ0n) is 11.3. The number of rotatable bonds is 6. The number of sulfonamides is 1. The smallest absolute Gasteiger partial charge is 0.261 e. The van der Waals surface area contributed by atoms with E-state index in [1.807, 2.05) is 0 Å². The Bertz CT molecular complexity index is 665. The van der Waals surface area contributed by atoms with Crippen LogP contribution in [0.25, 0.3) is 0 Å². The van der Waals surface area contributed by atoms with Crippen LogP contribution >= 0.6 is 10.7 Å². The Morgan fingerprint density at radius 3 is 1.95 bits per heavy atom. The average Bonchev–Trinajstić information content (AvgIpc) is 2.26. The minimum absolute atomic E-state index is 0.0502. The largest absolute Gasteiger partial charge is 0.383 e. The summed E-state index contributed by atoms with van der Waals surface area (Å²) >= 11 is 0. The summed E-state index contributed by atoms with van der Waals surface area (Å²) in [4.78, 5) is -0.208. The van der Waals surface area contributed by atoms with E-state index in [9.17, 15) is 16.8 Å². The third-order valence-electron chi connectivity index (χ3n) is 2.33. The molecule has 0 aliphatic carbocycles. The van der Waals surface area contributed by atoms with E-state index in [1.54, 1.807) is 13.8 Å². The topological polar surface area (TPSA) is 89.5 Å². The van der Waals surface area contributed by atoms with Gasteiger partial charge in [-0.25, -0.2) is 21.6 Å². The number of hydrogen-bond donors (Lipinski definition) is 1. The number of nitrogens with one attached hydrogen (secondary N) is 1. The Morgan fingerprint density at radius 1 is 1.10 bits per heavy atom. The van der Waals surface area contributed by atoms with Gasteiger partial charge in [0.25, 0.3) is 9.05 Å². The predicted molar refractivity (Wildman–Crippen MR) is 75.8 cm³/mol. The van der Waals surface area contributed by atoms with E-state index in [1.165, 1.54) is 19.2 Å². The van der Waals surface area contributed by atoms with Crippen molar-refractivity contribution in [2.45, 2.75) is 29.2 Å². The molecule has 0 heterocycles. The van der Waals surface area contributed by atoms with Crippen LogP contribution in [0.4, 0.5) is 0 Å². The van der Waals surface area contributed by atoms with Crippen LogP contribution in [0.2, 0.25) is 0 Å².